The van der Waals surface area contributed by atoms with Crippen LogP contribution in [-0.4, -0.2) is 65.5 Å². The van der Waals surface area contributed by atoms with E-state index in [4.69, 9.17) is 0 Å². The molecule has 2 heterocycles. The van der Waals surface area contributed by atoms with Gasteiger partial charge in [-0.2, -0.15) is 4.31 Å². The second-order valence-electron chi connectivity index (χ2n) is 7.31. The molecule has 3 aromatic rings. The molecule has 1 fully saturated rings. The number of benzene rings is 2. The number of rotatable bonds is 5. The summed E-state index contributed by atoms with van der Waals surface area (Å²) >= 11 is 1.47. The summed E-state index contributed by atoms with van der Waals surface area (Å²) in [4.78, 5) is 19.7. The summed E-state index contributed by atoms with van der Waals surface area (Å²) < 4.78 is 29.2. The molecule has 7 nitrogen and oxygen atoms in total. The molecular weight excluding hydrogens is 432 g/mol. The van der Waals surface area contributed by atoms with E-state index in [1.807, 2.05) is 48.1 Å². The third kappa shape index (κ3) is 4.26. The lowest BCUT2D eigenvalue weighted by Crippen LogP contribution is -2.50. The molecular formula is C22H24N4O3S2. The molecule has 0 spiro atoms. The van der Waals surface area contributed by atoms with Gasteiger partial charge in [0.15, 0.2) is 5.16 Å². The van der Waals surface area contributed by atoms with Crippen LogP contribution >= 0.6 is 11.8 Å². The number of aromatic nitrogens is 2. The van der Waals surface area contributed by atoms with Gasteiger partial charge in [-0.15, -0.1) is 0 Å². The number of thioether (sulfide) groups is 1. The van der Waals surface area contributed by atoms with E-state index in [0.29, 0.717) is 18.8 Å². The molecule has 1 saturated heterocycles. The van der Waals surface area contributed by atoms with Crippen LogP contribution in [0.5, 0.6) is 0 Å². The molecule has 1 amide bonds. The Kier molecular flexibility index (Phi) is 6.17. The Morgan fingerprint density at radius 3 is 2.23 bits per heavy atom. The van der Waals surface area contributed by atoms with Gasteiger partial charge in [-0.3, -0.25) is 9.36 Å². The van der Waals surface area contributed by atoms with Crippen molar-refractivity contribution in [1.29, 1.82) is 0 Å². The Morgan fingerprint density at radius 2 is 1.61 bits per heavy atom. The minimum absolute atomic E-state index is 0.149. The number of piperazine rings is 1. The zero-order valence-corrected chi connectivity index (χ0v) is 19.1. The van der Waals surface area contributed by atoms with E-state index in [0.717, 1.165) is 16.4 Å². The van der Waals surface area contributed by atoms with Crippen molar-refractivity contribution in [3.8, 4) is 5.69 Å². The van der Waals surface area contributed by atoms with E-state index in [2.05, 4.69) is 4.98 Å². The van der Waals surface area contributed by atoms with Crippen LogP contribution in [0.4, 0.5) is 0 Å². The molecule has 1 aliphatic rings. The van der Waals surface area contributed by atoms with Gasteiger partial charge in [0.05, 0.1) is 11.1 Å². The lowest BCUT2D eigenvalue weighted by Gasteiger charge is -2.34. The fourth-order valence-electron chi connectivity index (χ4n) is 3.61. The maximum absolute atomic E-state index is 13.3. The summed E-state index contributed by atoms with van der Waals surface area (Å²) in [6.07, 6.45) is 3.52. The van der Waals surface area contributed by atoms with Crippen LogP contribution in [0.1, 0.15) is 16.1 Å². The Bertz CT molecular complexity index is 1170. The number of aryl methyl sites for hydroxylation is 1. The predicted octanol–water partition coefficient (Wildman–Crippen LogP) is 3.05. The summed E-state index contributed by atoms with van der Waals surface area (Å²) in [5, 5.41) is 0.732. The first-order valence-corrected chi connectivity index (χ1v) is 12.6. The van der Waals surface area contributed by atoms with Crippen molar-refractivity contribution in [3.63, 3.8) is 0 Å². The van der Waals surface area contributed by atoms with Crippen LogP contribution in [0, 0.1) is 6.92 Å². The Labute approximate surface area is 186 Å². The van der Waals surface area contributed by atoms with Gasteiger partial charge in [0.1, 0.15) is 5.69 Å². The van der Waals surface area contributed by atoms with Crippen LogP contribution in [-0.2, 0) is 10.0 Å². The van der Waals surface area contributed by atoms with Gasteiger partial charge in [0.2, 0.25) is 10.0 Å². The Hall–Kier alpha value is -2.62. The minimum atomic E-state index is -3.57. The number of carbonyl (C=O) groups is 1. The molecule has 2 aromatic carbocycles. The van der Waals surface area contributed by atoms with Gasteiger partial charge in [-0.25, -0.2) is 13.4 Å². The van der Waals surface area contributed by atoms with Crippen LogP contribution in [0.3, 0.4) is 0 Å². The summed E-state index contributed by atoms with van der Waals surface area (Å²) in [5.41, 5.74) is 2.35. The molecule has 0 N–H and O–H groups in total. The van der Waals surface area contributed by atoms with Gasteiger partial charge < -0.3 is 4.90 Å². The number of hydrogen-bond acceptors (Lipinski definition) is 5. The summed E-state index contributed by atoms with van der Waals surface area (Å²) in [6, 6.07) is 16.5. The smallest absolute Gasteiger partial charge is 0.272 e. The fourth-order valence-corrected chi connectivity index (χ4v) is 5.58. The SMILES string of the molecule is CSc1ncc(C(=O)N2CCN(S(=O)(=O)c3ccc(C)cc3)CC2)n1-c1ccccc1. The Morgan fingerprint density at radius 1 is 0.968 bits per heavy atom. The van der Waals surface area contributed by atoms with Gasteiger partial charge in [-0.05, 0) is 37.4 Å². The molecule has 162 valence electrons. The summed E-state index contributed by atoms with van der Waals surface area (Å²) in [6.45, 7) is 3.11. The average molecular weight is 457 g/mol. The molecule has 1 aromatic heterocycles. The van der Waals surface area contributed by atoms with E-state index in [-0.39, 0.29) is 23.9 Å². The standard InChI is InChI=1S/C22H24N4O3S2/c1-17-8-10-19(11-9-17)31(28,29)25-14-12-24(13-15-25)21(27)20-16-23-22(30-2)26(20)18-6-4-3-5-7-18/h3-11,16H,12-15H2,1-2H3. The van der Waals surface area contributed by atoms with Gasteiger partial charge in [0.25, 0.3) is 5.91 Å². The second-order valence-corrected chi connectivity index (χ2v) is 10.0. The lowest BCUT2D eigenvalue weighted by molar-refractivity contribution is 0.0689. The normalized spacial score (nSPS) is 15.2. The number of hydrogen-bond donors (Lipinski definition) is 0. The molecule has 0 saturated carbocycles. The molecule has 4 rings (SSSR count). The lowest BCUT2D eigenvalue weighted by atomic mass is 10.2. The van der Waals surface area contributed by atoms with Gasteiger partial charge in [0, 0.05) is 31.9 Å². The van der Waals surface area contributed by atoms with Crippen molar-refractivity contribution in [2.24, 2.45) is 0 Å². The van der Waals surface area contributed by atoms with E-state index in [1.54, 1.807) is 35.4 Å². The zero-order chi connectivity index (χ0) is 22.0. The minimum Gasteiger partial charge on any atom is -0.335 e. The highest BCUT2D eigenvalue weighted by atomic mass is 32.2. The zero-order valence-electron chi connectivity index (χ0n) is 17.4. The van der Waals surface area contributed by atoms with E-state index in [9.17, 15) is 13.2 Å². The van der Waals surface area contributed by atoms with E-state index >= 15 is 0 Å². The van der Waals surface area contributed by atoms with Crippen molar-refractivity contribution in [1.82, 2.24) is 18.8 Å². The predicted molar refractivity (Wildman–Crippen MR) is 121 cm³/mol. The Balaban J connectivity index is 1.52. The number of imidazole rings is 1. The number of nitrogens with zero attached hydrogens (tertiary/aromatic N) is 4. The first-order valence-electron chi connectivity index (χ1n) is 9.95. The summed E-state index contributed by atoms with van der Waals surface area (Å²) in [5.74, 6) is -0.149. The second kappa shape index (κ2) is 8.86. The maximum Gasteiger partial charge on any atom is 0.272 e. The van der Waals surface area contributed by atoms with Crippen LogP contribution < -0.4 is 0 Å². The number of sulfonamides is 1. The van der Waals surface area contributed by atoms with Crippen molar-refractivity contribution in [2.75, 3.05) is 32.4 Å². The molecule has 31 heavy (non-hydrogen) atoms. The van der Waals surface area contributed by atoms with E-state index in [1.165, 1.54) is 16.1 Å². The molecule has 0 radical (unpaired) electrons. The first-order chi connectivity index (χ1) is 14.9. The topological polar surface area (TPSA) is 75.5 Å². The third-order valence-electron chi connectivity index (χ3n) is 5.33. The third-order valence-corrected chi connectivity index (χ3v) is 7.90. The highest BCUT2D eigenvalue weighted by molar-refractivity contribution is 7.98. The summed E-state index contributed by atoms with van der Waals surface area (Å²) in [7, 11) is -3.57. The van der Waals surface area contributed by atoms with Crippen molar-refractivity contribution in [2.45, 2.75) is 17.0 Å². The van der Waals surface area contributed by atoms with Crippen LogP contribution in [0.15, 0.2) is 70.8 Å². The van der Waals surface area contributed by atoms with Gasteiger partial charge in [-0.1, -0.05) is 47.7 Å². The largest absolute Gasteiger partial charge is 0.335 e. The first kappa shape index (κ1) is 21.6. The number of para-hydroxylation sites is 1. The molecule has 0 aliphatic carbocycles. The highest BCUT2D eigenvalue weighted by Gasteiger charge is 2.31. The molecule has 0 bridgehead atoms. The average Bonchev–Trinajstić information content (AvgIpc) is 3.24. The van der Waals surface area contributed by atoms with Crippen molar-refractivity contribution >= 4 is 27.7 Å². The van der Waals surface area contributed by atoms with E-state index < -0.39 is 10.0 Å². The molecule has 0 atom stereocenters. The van der Waals surface area contributed by atoms with Crippen molar-refractivity contribution in [3.05, 3.63) is 72.1 Å². The fraction of sp³-hybridized carbons (Fsp3) is 0.273. The quantitative estimate of drug-likeness (QED) is 0.552. The molecule has 1 aliphatic heterocycles. The monoisotopic (exact) mass is 456 g/mol. The number of carbonyl (C=O) groups excluding carboxylic acids is 1. The van der Waals surface area contributed by atoms with Crippen molar-refractivity contribution < 1.29 is 13.2 Å². The number of amides is 1. The van der Waals surface area contributed by atoms with Crippen LogP contribution in [0.2, 0.25) is 0 Å². The maximum atomic E-state index is 13.3. The molecule has 9 heteroatoms. The van der Waals surface area contributed by atoms with Gasteiger partial charge >= 0.3 is 0 Å². The highest BCUT2D eigenvalue weighted by Crippen LogP contribution is 2.24. The van der Waals surface area contributed by atoms with Crippen LogP contribution in [0.25, 0.3) is 5.69 Å². The molecule has 0 unspecified atom stereocenters.